The van der Waals surface area contributed by atoms with Crippen molar-refractivity contribution < 1.29 is 24.2 Å². The highest BCUT2D eigenvalue weighted by molar-refractivity contribution is 8.76. The van der Waals surface area contributed by atoms with Crippen LogP contribution in [0.25, 0.3) is 0 Å². The molecule has 2 amide bonds. The van der Waals surface area contributed by atoms with E-state index in [2.05, 4.69) is 10.6 Å². The number of hydrogen-bond acceptors (Lipinski definition) is 7. The normalized spacial score (nSPS) is 12.9. The number of alkyl carbamates (subject to hydrolysis) is 2. The lowest BCUT2D eigenvalue weighted by atomic mass is 10.2. The van der Waals surface area contributed by atoms with Crippen molar-refractivity contribution in [2.75, 3.05) is 18.1 Å². The molecule has 146 valence electrons. The summed E-state index contributed by atoms with van der Waals surface area (Å²) in [4.78, 5) is 23.2. The van der Waals surface area contributed by atoms with Gasteiger partial charge in [0, 0.05) is 18.1 Å². The number of thiocarbonyl (C=S) groups is 1. The van der Waals surface area contributed by atoms with Gasteiger partial charge in [-0.15, -0.1) is 0 Å². The maximum absolute atomic E-state index is 11.7. The minimum absolute atomic E-state index is 0.300. The van der Waals surface area contributed by atoms with E-state index in [0.29, 0.717) is 18.1 Å². The number of ether oxygens (including phenoxy) is 2. The summed E-state index contributed by atoms with van der Waals surface area (Å²) in [5.41, 5.74) is -1.15. The first-order valence-corrected chi connectivity index (χ1v) is 10.6. The van der Waals surface area contributed by atoms with Crippen molar-refractivity contribution in [3.8, 4) is 0 Å². The van der Waals surface area contributed by atoms with Crippen LogP contribution in [0.1, 0.15) is 41.5 Å². The molecule has 0 radical (unpaired) electrons. The van der Waals surface area contributed by atoms with E-state index in [0.717, 1.165) is 0 Å². The number of carbonyl (C=O) groups excluding carboxylic acids is 2. The summed E-state index contributed by atoms with van der Waals surface area (Å²) in [6.45, 7) is 11.1. The van der Waals surface area contributed by atoms with Gasteiger partial charge in [-0.1, -0.05) is 21.6 Å². The summed E-state index contributed by atoms with van der Waals surface area (Å²) in [5, 5.41) is 14.4. The van der Waals surface area contributed by atoms with E-state index in [9.17, 15) is 14.7 Å². The molecule has 0 bridgehead atoms. The molecule has 25 heavy (non-hydrogen) atoms. The highest BCUT2D eigenvalue weighted by Gasteiger charge is 2.22. The molecular weight excluding hydrogens is 384 g/mol. The van der Waals surface area contributed by atoms with Crippen molar-refractivity contribution in [3.63, 3.8) is 0 Å². The molecule has 0 aliphatic carbocycles. The van der Waals surface area contributed by atoms with Crippen LogP contribution in [0.4, 0.5) is 9.59 Å². The van der Waals surface area contributed by atoms with Crippen molar-refractivity contribution in [2.45, 2.75) is 58.8 Å². The Morgan fingerprint density at radius 3 is 2.04 bits per heavy atom. The molecular formula is C15H28N2O5S3. The Kier molecular flexibility index (Phi) is 10.6. The average molecular weight is 413 g/mol. The fourth-order valence-corrected chi connectivity index (χ4v) is 3.63. The lowest BCUT2D eigenvalue weighted by Crippen LogP contribution is -2.44. The molecule has 0 fully saturated rings. The van der Waals surface area contributed by atoms with Crippen LogP contribution in [-0.4, -0.2) is 57.6 Å². The number of amides is 2. The van der Waals surface area contributed by atoms with Crippen molar-refractivity contribution in [1.82, 2.24) is 10.6 Å². The lowest BCUT2D eigenvalue weighted by molar-refractivity contribution is 0.0512. The van der Waals surface area contributed by atoms with Crippen molar-refractivity contribution >= 4 is 51.0 Å². The van der Waals surface area contributed by atoms with E-state index in [1.807, 2.05) is 0 Å². The summed E-state index contributed by atoms with van der Waals surface area (Å²) in [5.74, 6) is 1.02. The Labute approximate surface area is 162 Å². The number of nitrogens with one attached hydrogen (secondary N) is 2. The van der Waals surface area contributed by atoms with E-state index in [-0.39, 0.29) is 5.05 Å². The summed E-state index contributed by atoms with van der Waals surface area (Å²) in [7, 11) is 2.90. The number of aliphatic hydroxyl groups excluding tert-OH is 1. The van der Waals surface area contributed by atoms with Crippen molar-refractivity contribution in [2.24, 2.45) is 0 Å². The highest BCUT2D eigenvalue weighted by Crippen LogP contribution is 2.22. The first-order chi connectivity index (χ1) is 11.3. The molecule has 10 heteroatoms. The fourth-order valence-electron chi connectivity index (χ4n) is 1.31. The first kappa shape index (κ1) is 24.1. The van der Waals surface area contributed by atoms with Crippen LogP contribution in [-0.2, 0) is 9.47 Å². The average Bonchev–Trinajstić information content (AvgIpc) is 2.36. The molecule has 0 aliphatic heterocycles. The smallest absolute Gasteiger partial charge is 0.408 e. The summed E-state index contributed by atoms with van der Waals surface area (Å²) < 4.78 is 10.3. The molecule has 0 rings (SSSR count). The van der Waals surface area contributed by atoms with Gasteiger partial charge in [-0.25, -0.2) is 9.59 Å². The second-order valence-electron chi connectivity index (χ2n) is 7.07. The van der Waals surface area contributed by atoms with Crippen LogP contribution in [0.3, 0.4) is 0 Å². The Hall–Kier alpha value is -0.870. The standard InChI is InChI=1S/C15H28N2O5S3/c1-14(2,3)21-12(19)16-7-8-24-25-9-10(11(18)23)17-13(20)22-15(4,5)6/h10H,7-9H2,1-6H3,(H,16,19)(H,17,20)(H,18,23)/t10-/m0/s1. The molecule has 0 aliphatic rings. The summed E-state index contributed by atoms with van der Waals surface area (Å²) in [6.07, 6.45) is -1.09. The molecule has 0 heterocycles. The number of aliphatic hydroxyl groups is 1. The van der Waals surface area contributed by atoms with Crippen LogP contribution in [0.15, 0.2) is 0 Å². The zero-order valence-electron chi connectivity index (χ0n) is 15.5. The first-order valence-electron chi connectivity index (χ1n) is 7.74. The molecule has 1 atom stereocenters. The zero-order valence-corrected chi connectivity index (χ0v) is 18.0. The van der Waals surface area contributed by atoms with Gasteiger partial charge in [-0.05, 0) is 53.8 Å². The van der Waals surface area contributed by atoms with Crippen LogP contribution >= 0.6 is 33.8 Å². The van der Waals surface area contributed by atoms with Gasteiger partial charge >= 0.3 is 12.2 Å². The van der Waals surface area contributed by atoms with Gasteiger partial charge in [0.2, 0.25) is 0 Å². The van der Waals surface area contributed by atoms with Crippen LogP contribution < -0.4 is 10.6 Å². The van der Waals surface area contributed by atoms with Gasteiger partial charge in [-0.3, -0.25) is 0 Å². The lowest BCUT2D eigenvalue weighted by Gasteiger charge is -2.22. The van der Waals surface area contributed by atoms with Gasteiger partial charge in [0.05, 0.1) is 0 Å². The quantitative estimate of drug-likeness (QED) is 0.316. The fraction of sp³-hybridized carbons (Fsp3) is 0.800. The Bertz CT molecular complexity index is 461. The Morgan fingerprint density at radius 1 is 1.04 bits per heavy atom. The predicted octanol–water partition coefficient (Wildman–Crippen LogP) is 3.67. The maximum atomic E-state index is 11.7. The van der Waals surface area contributed by atoms with Crippen molar-refractivity contribution in [1.29, 1.82) is 0 Å². The molecule has 0 aromatic heterocycles. The molecule has 0 unspecified atom stereocenters. The largest absolute Gasteiger partial charge is 0.500 e. The monoisotopic (exact) mass is 412 g/mol. The Morgan fingerprint density at radius 2 is 1.56 bits per heavy atom. The van der Waals surface area contributed by atoms with E-state index in [1.165, 1.54) is 21.6 Å². The minimum Gasteiger partial charge on any atom is -0.500 e. The van der Waals surface area contributed by atoms with Crippen LogP contribution in [0.2, 0.25) is 0 Å². The highest BCUT2D eigenvalue weighted by atomic mass is 33.1. The van der Waals surface area contributed by atoms with Gasteiger partial charge in [0.1, 0.15) is 17.2 Å². The molecule has 3 N–H and O–H groups in total. The van der Waals surface area contributed by atoms with Gasteiger partial charge in [0.15, 0.2) is 5.05 Å². The van der Waals surface area contributed by atoms with Crippen LogP contribution in [0.5, 0.6) is 0 Å². The third-order valence-corrected chi connectivity index (χ3v) is 4.86. The van der Waals surface area contributed by atoms with Crippen LogP contribution in [0, 0.1) is 0 Å². The molecule has 0 aromatic rings. The molecule has 0 saturated carbocycles. The molecule has 0 aromatic carbocycles. The zero-order chi connectivity index (χ0) is 19.7. The van der Waals surface area contributed by atoms with E-state index in [1.54, 1.807) is 41.5 Å². The second kappa shape index (κ2) is 11.0. The second-order valence-corrected chi connectivity index (χ2v) is 10.1. The van der Waals surface area contributed by atoms with Gasteiger partial charge in [0.25, 0.3) is 0 Å². The topological polar surface area (TPSA) is 96.9 Å². The summed E-state index contributed by atoms with van der Waals surface area (Å²) in [6, 6.07) is -0.679. The number of hydrogen-bond donors (Lipinski definition) is 3. The SMILES string of the molecule is CC(C)(C)OC(=O)NCCSSC[C@H](NC(=O)OC(C)(C)C)C(O)=S. The van der Waals surface area contributed by atoms with E-state index in [4.69, 9.17) is 21.7 Å². The van der Waals surface area contributed by atoms with E-state index >= 15 is 0 Å². The maximum Gasteiger partial charge on any atom is 0.408 e. The Balaban J connectivity index is 4.00. The van der Waals surface area contributed by atoms with Gasteiger partial charge in [-0.2, -0.15) is 0 Å². The number of carbonyl (C=O) groups is 2. The van der Waals surface area contributed by atoms with Crippen molar-refractivity contribution in [3.05, 3.63) is 0 Å². The molecule has 7 nitrogen and oxygen atoms in total. The van der Waals surface area contributed by atoms with Gasteiger partial charge < -0.3 is 25.2 Å². The third kappa shape index (κ3) is 15.1. The number of rotatable bonds is 8. The minimum atomic E-state index is -0.679. The summed E-state index contributed by atoms with van der Waals surface area (Å²) >= 11 is 4.75. The third-order valence-electron chi connectivity index (χ3n) is 2.16. The van der Waals surface area contributed by atoms with E-state index < -0.39 is 29.4 Å². The molecule has 0 saturated heterocycles. The molecule has 0 spiro atoms. The predicted molar refractivity (Wildman–Crippen MR) is 108 cm³/mol.